The van der Waals surface area contributed by atoms with Gasteiger partial charge in [0.15, 0.2) is 5.82 Å². The van der Waals surface area contributed by atoms with Gasteiger partial charge < -0.3 is 15.2 Å². The second kappa shape index (κ2) is 8.45. The second-order valence-electron chi connectivity index (χ2n) is 5.41. The van der Waals surface area contributed by atoms with E-state index in [1.54, 1.807) is 12.1 Å². The summed E-state index contributed by atoms with van der Waals surface area (Å²) in [6, 6.07) is 4.72. The zero-order valence-electron chi connectivity index (χ0n) is 12.2. The van der Waals surface area contributed by atoms with E-state index in [-0.39, 0.29) is 30.0 Å². The Balaban J connectivity index is 2.33. The minimum atomic E-state index is -0.692. The fourth-order valence-electron chi connectivity index (χ4n) is 1.93. The third-order valence-corrected chi connectivity index (χ3v) is 3.15. The highest BCUT2D eigenvalue weighted by molar-refractivity contribution is 6.31. The average molecular weight is 304 g/mol. The first-order chi connectivity index (χ1) is 9.40. The van der Waals surface area contributed by atoms with Crippen molar-refractivity contribution >= 4 is 17.3 Å². The lowest BCUT2D eigenvalue weighted by Gasteiger charge is -2.18. The molecule has 2 N–H and O–H groups in total. The molecule has 3 nitrogen and oxygen atoms in total. The number of nitrogens with one attached hydrogen (secondary N) is 1. The van der Waals surface area contributed by atoms with Gasteiger partial charge in [-0.25, -0.2) is 4.39 Å². The van der Waals surface area contributed by atoms with Crippen LogP contribution in [0.3, 0.4) is 0 Å². The lowest BCUT2D eigenvalue weighted by molar-refractivity contribution is -0.00445. The molecule has 20 heavy (non-hydrogen) atoms. The highest BCUT2D eigenvalue weighted by Gasteiger charge is 2.11. The third-order valence-electron chi connectivity index (χ3n) is 2.86. The Bertz CT molecular complexity index is 415. The van der Waals surface area contributed by atoms with Crippen LogP contribution in [0.15, 0.2) is 18.2 Å². The molecule has 1 aromatic rings. The van der Waals surface area contributed by atoms with Crippen LogP contribution in [0.5, 0.6) is 0 Å². The second-order valence-corrected chi connectivity index (χ2v) is 5.82. The van der Waals surface area contributed by atoms with Crippen molar-refractivity contribution in [2.24, 2.45) is 5.92 Å². The minimum absolute atomic E-state index is 0.0614. The summed E-state index contributed by atoms with van der Waals surface area (Å²) in [5.74, 6) is 0.0521. The normalized spacial score (nSPS) is 14.3. The Morgan fingerprint density at radius 3 is 2.70 bits per heavy atom. The fraction of sp³-hybridized carbons (Fsp3) is 0.600. The van der Waals surface area contributed by atoms with Crippen molar-refractivity contribution in [2.75, 3.05) is 18.5 Å². The lowest BCUT2D eigenvalue weighted by Crippen LogP contribution is -2.27. The maximum atomic E-state index is 13.6. The van der Waals surface area contributed by atoms with Crippen LogP contribution < -0.4 is 5.32 Å². The number of aliphatic hydroxyl groups is 1. The van der Waals surface area contributed by atoms with Crippen LogP contribution in [0, 0.1) is 11.7 Å². The molecule has 2 unspecified atom stereocenters. The van der Waals surface area contributed by atoms with Crippen molar-refractivity contribution in [2.45, 2.75) is 39.4 Å². The standard InChI is InChI=1S/C15H23ClFNO2/c1-10(2)7-11(3)20-9-12(19)8-18-14-6-4-5-13(16)15(14)17/h4-6,10-12,18-19H,7-9H2,1-3H3. The average Bonchev–Trinajstić information content (AvgIpc) is 2.37. The molecule has 0 amide bonds. The summed E-state index contributed by atoms with van der Waals surface area (Å²) in [5, 5.41) is 12.7. The van der Waals surface area contributed by atoms with E-state index in [9.17, 15) is 9.50 Å². The molecule has 0 aromatic heterocycles. The summed E-state index contributed by atoms with van der Waals surface area (Å²) in [5.41, 5.74) is 0.284. The van der Waals surface area contributed by atoms with E-state index in [1.807, 2.05) is 6.92 Å². The van der Waals surface area contributed by atoms with Crippen molar-refractivity contribution in [3.05, 3.63) is 29.0 Å². The number of ether oxygens (including phenoxy) is 1. The van der Waals surface area contributed by atoms with E-state index >= 15 is 0 Å². The Kier molecular flexibility index (Phi) is 7.27. The third kappa shape index (κ3) is 6.07. The molecule has 114 valence electrons. The van der Waals surface area contributed by atoms with Gasteiger partial charge in [0.1, 0.15) is 0 Å². The van der Waals surface area contributed by atoms with Crippen LogP contribution >= 0.6 is 11.6 Å². The predicted molar refractivity (Wildman–Crippen MR) is 80.8 cm³/mol. The van der Waals surface area contributed by atoms with Gasteiger partial charge in [-0.3, -0.25) is 0 Å². The number of benzene rings is 1. The van der Waals surface area contributed by atoms with Crippen LogP contribution in [0.25, 0.3) is 0 Å². The molecule has 0 bridgehead atoms. The van der Waals surface area contributed by atoms with Crippen molar-refractivity contribution in [1.82, 2.24) is 0 Å². The number of halogens is 2. The van der Waals surface area contributed by atoms with Crippen LogP contribution in [0.4, 0.5) is 10.1 Å². The molecule has 0 aliphatic rings. The zero-order valence-corrected chi connectivity index (χ0v) is 13.0. The molecule has 0 saturated heterocycles. The first-order valence-electron chi connectivity index (χ1n) is 6.87. The number of hydrogen-bond donors (Lipinski definition) is 2. The zero-order chi connectivity index (χ0) is 15.1. The van der Waals surface area contributed by atoms with E-state index < -0.39 is 11.9 Å². The van der Waals surface area contributed by atoms with E-state index in [1.165, 1.54) is 6.07 Å². The molecular formula is C15H23ClFNO2. The molecule has 0 aliphatic heterocycles. The van der Waals surface area contributed by atoms with Gasteiger partial charge in [-0.2, -0.15) is 0 Å². The maximum absolute atomic E-state index is 13.6. The van der Waals surface area contributed by atoms with Gasteiger partial charge in [-0.05, 0) is 31.4 Å². The van der Waals surface area contributed by atoms with Crippen LogP contribution in [0.1, 0.15) is 27.2 Å². The topological polar surface area (TPSA) is 41.5 Å². The van der Waals surface area contributed by atoms with Gasteiger partial charge in [0.2, 0.25) is 0 Å². The monoisotopic (exact) mass is 303 g/mol. The maximum Gasteiger partial charge on any atom is 0.164 e. The fourth-order valence-corrected chi connectivity index (χ4v) is 2.11. The summed E-state index contributed by atoms with van der Waals surface area (Å²) >= 11 is 5.68. The van der Waals surface area contributed by atoms with E-state index in [0.717, 1.165) is 6.42 Å². The molecule has 0 spiro atoms. The van der Waals surface area contributed by atoms with Gasteiger partial charge in [0.25, 0.3) is 0 Å². The molecule has 5 heteroatoms. The van der Waals surface area contributed by atoms with Crippen LogP contribution in [0.2, 0.25) is 5.02 Å². The number of aliphatic hydroxyl groups excluding tert-OH is 1. The number of anilines is 1. The molecule has 1 rings (SSSR count). The van der Waals surface area contributed by atoms with Gasteiger partial charge in [-0.1, -0.05) is 31.5 Å². The Morgan fingerprint density at radius 2 is 2.05 bits per heavy atom. The van der Waals surface area contributed by atoms with Crippen molar-refractivity contribution in [1.29, 1.82) is 0 Å². The molecule has 1 aromatic carbocycles. The van der Waals surface area contributed by atoms with Gasteiger partial charge in [0.05, 0.1) is 29.5 Å². The lowest BCUT2D eigenvalue weighted by atomic mass is 10.1. The summed E-state index contributed by atoms with van der Waals surface area (Å²) in [4.78, 5) is 0. The van der Waals surface area contributed by atoms with Crippen molar-refractivity contribution < 1.29 is 14.2 Å². The SMILES string of the molecule is CC(C)CC(C)OCC(O)CNc1cccc(Cl)c1F. The van der Waals surface area contributed by atoms with Gasteiger partial charge in [0, 0.05) is 6.54 Å². The molecule has 2 atom stereocenters. The molecule has 0 aliphatic carbocycles. The molecule has 0 saturated carbocycles. The van der Waals surface area contributed by atoms with E-state index in [0.29, 0.717) is 5.92 Å². The minimum Gasteiger partial charge on any atom is -0.389 e. The van der Waals surface area contributed by atoms with Gasteiger partial charge in [-0.15, -0.1) is 0 Å². The summed E-state index contributed by atoms with van der Waals surface area (Å²) < 4.78 is 19.1. The molecule has 0 radical (unpaired) electrons. The first kappa shape index (κ1) is 17.2. The van der Waals surface area contributed by atoms with Crippen LogP contribution in [-0.2, 0) is 4.74 Å². The summed E-state index contributed by atoms with van der Waals surface area (Å²) in [7, 11) is 0. The molecular weight excluding hydrogens is 281 g/mol. The number of hydrogen-bond acceptors (Lipinski definition) is 3. The summed E-state index contributed by atoms with van der Waals surface area (Å²) in [6.07, 6.45) is 0.360. The molecule has 0 fully saturated rings. The number of rotatable bonds is 8. The highest BCUT2D eigenvalue weighted by atomic mass is 35.5. The smallest absolute Gasteiger partial charge is 0.164 e. The largest absolute Gasteiger partial charge is 0.389 e. The van der Waals surface area contributed by atoms with Gasteiger partial charge >= 0.3 is 0 Å². The Hall–Kier alpha value is -0.840. The Morgan fingerprint density at radius 1 is 1.35 bits per heavy atom. The Labute approximate surface area is 125 Å². The quantitative estimate of drug-likeness (QED) is 0.769. The first-order valence-corrected chi connectivity index (χ1v) is 7.25. The highest BCUT2D eigenvalue weighted by Crippen LogP contribution is 2.21. The summed E-state index contributed by atoms with van der Waals surface area (Å²) in [6.45, 7) is 6.67. The molecule has 0 heterocycles. The van der Waals surface area contributed by atoms with Crippen LogP contribution in [-0.4, -0.2) is 30.5 Å². The van der Waals surface area contributed by atoms with E-state index in [4.69, 9.17) is 16.3 Å². The van der Waals surface area contributed by atoms with E-state index in [2.05, 4.69) is 19.2 Å². The predicted octanol–water partition coefficient (Wildman–Crippen LogP) is 3.70. The van der Waals surface area contributed by atoms with Crippen molar-refractivity contribution in [3.8, 4) is 0 Å². The van der Waals surface area contributed by atoms with Crippen molar-refractivity contribution in [3.63, 3.8) is 0 Å².